The van der Waals surface area contributed by atoms with Crippen LogP contribution in [0.1, 0.15) is 26.7 Å². The van der Waals surface area contributed by atoms with E-state index in [9.17, 15) is 4.79 Å². The van der Waals surface area contributed by atoms with Crippen molar-refractivity contribution in [3.05, 3.63) is 24.3 Å². The van der Waals surface area contributed by atoms with Gasteiger partial charge in [-0.2, -0.15) is 0 Å². The van der Waals surface area contributed by atoms with Gasteiger partial charge in [-0.3, -0.25) is 4.79 Å². The Morgan fingerprint density at radius 2 is 1.87 bits per heavy atom. The third-order valence-electron chi connectivity index (χ3n) is 4.39. The van der Waals surface area contributed by atoms with Crippen molar-refractivity contribution in [2.75, 3.05) is 32.2 Å². The van der Waals surface area contributed by atoms with Gasteiger partial charge in [0, 0.05) is 26.2 Å². The Morgan fingerprint density at radius 1 is 1.22 bits per heavy atom. The number of carbonyl (C=O) groups excluding carboxylic acids is 1. The van der Waals surface area contributed by atoms with Gasteiger partial charge in [-0.1, -0.05) is 26.0 Å². The van der Waals surface area contributed by atoms with E-state index in [0.29, 0.717) is 0 Å². The average Bonchev–Trinajstić information content (AvgIpc) is 2.56. The molecule has 128 valence electrons. The Balaban J connectivity index is 1.90. The van der Waals surface area contributed by atoms with Gasteiger partial charge in [-0.05, 0) is 30.9 Å². The van der Waals surface area contributed by atoms with Crippen molar-refractivity contribution in [2.45, 2.75) is 38.8 Å². The second-order valence-corrected chi connectivity index (χ2v) is 6.34. The van der Waals surface area contributed by atoms with Crippen LogP contribution in [0.2, 0.25) is 0 Å². The SMILES string of the molecule is COc1ccccc1N1CCC(NC(=O)C(OC)C(C)C)CC1. The molecule has 23 heavy (non-hydrogen) atoms. The number of anilines is 1. The first-order valence-corrected chi connectivity index (χ1v) is 8.28. The molecule has 1 heterocycles. The molecular formula is C18H28N2O3. The number of carbonyl (C=O) groups is 1. The minimum Gasteiger partial charge on any atom is -0.495 e. The van der Waals surface area contributed by atoms with Crippen LogP contribution < -0.4 is 15.0 Å². The molecule has 5 heteroatoms. The molecule has 2 rings (SSSR count). The minimum atomic E-state index is -0.373. The monoisotopic (exact) mass is 320 g/mol. The zero-order valence-electron chi connectivity index (χ0n) is 14.5. The van der Waals surface area contributed by atoms with E-state index in [1.807, 2.05) is 32.0 Å². The molecule has 1 amide bonds. The van der Waals surface area contributed by atoms with E-state index in [1.165, 1.54) is 0 Å². The van der Waals surface area contributed by atoms with Crippen LogP contribution in [0, 0.1) is 5.92 Å². The van der Waals surface area contributed by atoms with Crippen LogP contribution in [-0.4, -0.2) is 45.4 Å². The van der Waals surface area contributed by atoms with Crippen LogP contribution in [0.15, 0.2) is 24.3 Å². The molecule has 1 aliphatic heterocycles. The predicted molar refractivity (Wildman–Crippen MR) is 92.0 cm³/mol. The average molecular weight is 320 g/mol. The van der Waals surface area contributed by atoms with E-state index in [1.54, 1.807) is 14.2 Å². The number of hydrogen-bond donors (Lipinski definition) is 1. The standard InChI is InChI=1S/C18H28N2O3/c1-13(2)17(23-4)18(21)19-14-9-11-20(12-10-14)15-7-5-6-8-16(15)22-3/h5-8,13-14,17H,9-12H2,1-4H3,(H,19,21). The molecule has 1 aliphatic rings. The lowest BCUT2D eigenvalue weighted by Gasteiger charge is -2.35. The van der Waals surface area contributed by atoms with E-state index in [2.05, 4.69) is 16.3 Å². The maximum Gasteiger partial charge on any atom is 0.249 e. The number of benzene rings is 1. The van der Waals surface area contributed by atoms with Gasteiger partial charge in [0.1, 0.15) is 11.9 Å². The number of nitrogens with one attached hydrogen (secondary N) is 1. The molecule has 1 aromatic rings. The maximum atomic E-state index is 12.3. The van der Waals surface area contributed by atoms with Gasteiger partial charge in [0.2, 0.25) is 5.91 Å². The Bertz CT molecular complexity index is 511. The number of ether oxygens (including phenoxy) is 2. The zero-order chi connectivity index (χ0) is 16.8. The van der Waals surface area contributed by atoms with Crippen molar-refractivity contribution in [3.63, 3.8) is 0 Å². The van der Waals surface area contributed by atoms with Gasteiger partial charge < -0.3 is 19.7 Å². The van der Waals surface area contributed by atoms with Crippen molar-refractivity contribution in [3.8, 4) is 5.75 Å². The van der Waals surface area contributed by atoms with E-state index in [4.69, 9.17) is 9.47 Å². The molecule has 1 unspecified atom stereocenters. The lowest BCUT2D eigenvalue weighted by Crippen LogP contribution is -2.49. The number of piperidine rings is 1. The van der Waals surface area contributed by atoms with Gasteiger partial charge in [-0.15, -0.1) is 0 Å². The van der Waals surface area contributed by atoms with Crippen molar-refractivity contribution in [2.24, 2.45) is 5.92 Å². The summed E-state index contributed by atoms with van der Waals surface area (Å²) in [6, 6.07) is 8.28. The Labute approximate surface area is 139 Å². The first-order valence-electron chi connectivity index (χ1n) is 8.28. The molecule has 1 saturated heterocycles. The number of hydrogen-bond acceptors (Lipinski definition) is 4. The van der Waals surface area contributed by atoms with Gasteiger partial charge in [0.25, 0.3) is 0 Å². The molecule has 1 atom stereocenters. The summed E-state index contributed by atoms with van der Waals surface area (Å²) >= 11 is 0. The first kappa shape index (κ1) is 17.6. The number of para-hydroxylation sites is 2. The van der Waals surface area contributed by atoms with Gasteiger partial charge in [-0.25, -0.2) is 0 Å². The maximum absolute atomic E-state index is 12.3. The highest BCUT2D eigenvalue weighted by Crippen LogP contribution is 2.29. The largest absolute Gasteiger partial charge is 0.495 e. The van der Waals surface area contributed by atoms with Crippen LogP contribution in [0.3, 0.4) is 0 Å². The number of nitrogens with zero attached hydrogens (tertiary/aromatic N) is 1. The lowest BCUT2D eigenvalue weighted by molar-refractivity contribution is -0.134. The molecular weight excluding hydrogens is 292 g/mol. The second kappa shape index (κ2) is 8.20. The molecule has 1 aromatic carbocycles. The second-order valence-electron chi connectivity index (χ2n) is 6.34. The van der Waals surface area contributed by atoms with E-state index < -0.39 is 0 Å². The summed E-state index contributed by atoms with van der Waals surface area (Å²) in [5, 5.41) is 3.13. The van der Waals surface area contributed by atoms with Crippen molar-refractivity contribution in [1.82, 2.24) is 5.32 Å². The Kier molecular flexibility index (Phi) is 6.28. The summed E-state index contributed by atoms with van der Waals surface area (Å²) in [6.07, 6.45) is 1.48. The van der Waals surface area contributed by atoms with Crippen LogP contribution in [0.5, 0.6) is 5.75 Å². The molecule has 5 nitrogen and oxygen atoms in total. The smallest absolute Gasteiger partial charge is 0.249 e. The summed E-state index contributed by atoms with van der Waals surface area (Å²) in [7, 11) is 3.29. The molecule has 0 bridgehead atoms. The van der Waals surface area contributed by atoms with Crippen LogP contribution in [-0.2, 0) is 9.53 Å². The van der Waals surface area contributed by atoms with E-state index in [-0.39, 0.29) is 24.0 Å². The molecule has 1 fully saturated rings. The highest BCUT2D eigenvalue weighted by Gasteiger charge is 2.27. The van der Waals surface area contributed by atoms with E-state index >= 15 is 0 Å². The fourth-order valence-corrected chi connectivity index (χ4v) is 3.12. The number of amides is 1. The quantitative estimate of drug-likeness (QED) is 0.875. The van der Waals surface area contributed by atoms with Crippen molar-refractivity contribution < 1.29 is 14.3 Å². The van der Waals surface area contributed by atoms with Crippen LogP contribution in [0.25, 0.3) is 0 Å². The zero-order valence-corrected chi connectivity index (χ0v) is 14.5. The fourth-order valence-electron chi connectivity index (χ4n) is 3.12. The van der Waals surface area contributed by atoms with E-state index in [0.717, 1.165) is 37.4 Å². The minimum absolute atomic E-state index is 0.00163. The summed E-state index contributed by atoms with van der Waals surface area (Å²) < 4.78 is 10.7. The van der Waals surface area contributed by atoms with Crippen molar-refractivity contribution >= 4 is 11.6 Å². The summed E-state index contributed by atoms with van der Waals surface area (Å²) in [6.45, 7) is 5.81. The number of methoxy groups -OCH3 is 2. The topological polar surface area (TPSA) is 50.8 Å². The third-order valence-corrected chi connectivity index (χ3v) is 4.39. The molecule has 0 aliphatic carbocycles. The van der Waals surface area contributed by atoms with Crippen molar-refractivity contribution in [1.29, 1.82) is 0 Å². The van der Waals surface area contributed by atoms with Gasteiger partial charge in [0.05, 0.1) is 12.8 Å². The molecule has 1 N–H and O–H groups in total. The summed E-state index contributed by atoms with van der Waals surface area (Å²) in [5.41, 5.74) is 1.12. The first-order chi connectivity index (χ1) is 11.1. The Hall–Kier alpha value is -1.75. The van der Waals surface area contributed by atoms with Gasteiger partial charge >= 0.3 is 0 Å². The molecule has 0 saturated carbocycles. The summed E-state index contributed by atoms with van der Waals surface area (Å²) in [4.78, 5) is 14.6. The van der Waals surface area contributed by atoms with Crippen LogP contribution >= 0.6 is 0 Å². The third kappa shape index (κ3) is 4.38. The highest BCUT2D eigenvalue weighted by atomic mass is 16.5. The summed E-state index contributed by atoms with van der Waals surface area (Å²) in [5.74, 6) is 1.07. The fraction of sp³-hybridized carbons (Fsp3) is 0.611. The Morgan fingerprint density at radius 3 is 2.43 bits per heavy atom. The normalized spacial score (nSPS) is 17.2. The molecule has 0 radical (unpaired) electrons. The number of rotatable bonds is 6. The molecule has 0 spiro atoms. The van der Waals surface area contributed by atoms with Gasteiger partial charge in [0.15, 0.2) is 0 Å². The lowest BCUT2D eigenvalue weighted by atomic mass is 10.0. The molecule has 0 aromatic heterocycles. The van der Waals surface area contributed by atoms with Crippen LogP contribution in [0.4, 0.5) is 5.69 Å². The highest BCUT2D eigenvalue weighted by molar-refractivity contribution is 5.81. The predicted octanol–water partition coefficient (Wildman–Crippen LogP) is 2.45.